The molecular weight excluding hydrogens is 873 g/mol. The van der Waals surface area contributed by atoms with Gasteiger partial charge in [0.25, 0.3) is 0 Å². The molecule has 1 aliphatic heterocycles. The molecule has 19 atom stereocenters. The van der Waals surface area contributed by atoms with E-state index in [9.17, 15) is 40.2 Å². The standard InChI is InChI=1S/C56H80N4O9/c1-31-11-12-32-13-14-38-36(29-61)23-48(65)53(2,67)50-34(8-6-7-33(22-40(38)39(32)21-31)41-30-69-51(66)49(41)35-16-19-59-28-35)26-56(68)43-24-45(62)44-25-46(63)47(64)27-55(44,37-9-4-3-5-10-37)42(43)15-17-54(50,56)18-20-60-52(57)58/h13,16,19,24,28,31,33-34,36-42,44,46-50,59,61,63-65,67-68H,3-5,8-12,14-15,17-18,20-23,25-27,29-30H2,1-2H3,(H4,57,58,60)/t31-,33-,34+,36+,38+,39-,40+,41-,42+,44+,46-,47+,48-,49-,50-,53+,54+,55+,56-/m1/s1. The maximum absolute atomic E-state index is 14.9. The van der Waals surface area contributed by atoms with Crippen LogP contribution in [-0.4, -0.2) is 103 Å². The maximum Gasteiger partial charge on any atom is 0.313 e. The Labute approximate surface area is 408 Å². The highest BCUT2D eigenvalue weighted by molar-refractivity contribution is 5.95. The summed E-state index contributed by atoms with van der Waals surface area (Å²) in [6.07, 6.45) is 16.4. The number of aromatic nitrogens is 1. The van der Waals surface area contributed by atoms with E-state index in [2.05, 4.69) is 34.8 Å². The molecule has 0 spiro atoms. The molecule has 9 aliphatic rings. The molecule has 8 aliphatic carbocycles. The Kier molecular flexibility index (Phi) is 13.4. The minimum atomic E-state index is -1.80. The number of allylic oxidation sites excluding steroid dienone is 3. The van der Waals surface area contributed by atoms with E-state index in [-0.39, 0.29) is 123 Å². The lowest BCUT2D eigenvalue weighted by Crippen LogP contribution is -2.66. The van der Waals surface area contributed by atoms with E-state index in [0.29, 0.717) is 30.8 Å². The average Bonchev–Trinajstić information content (AvgIpc) is 4.05. The van der Waals surface area contributed by atoms with Crippen LogP contribution in [0.2, 0.25) is 0 Å². The van der Waals surface area contributed by atoms with Crippen LogP contribution in [0.1, 0.15) is 141 Å². The SMILES string of the molecule is C[C@@H]1CCC2=CC[C@H]3[C@H](CO)C[C@@H](O)[C@](C)(O)[C@H]4[C@@H](CC#C[C@@H]([C@H]5COC(=O)[C@@H]5c5cc[nH]c5)C[C@@H]3[C@@H]2C1)C[C@@]1(O)C2=CC(=O)[C@@H]3C[C@@H](O)[C@@H](O)C[C@]3(C3CCCCC3)[C@H]2CC[C@]41CCN=C(N)N. The summed E-state index contributed by atoms with van der Waals surface area (Å²) >= 11 is 0. The van der Waals surface area contributed by atoms with Gasteiger partial charge in [-0.1, -0.05) is 43.8 Å². The number of esters is 1. The Hall–Kier alpha value is -3.51. The van der Waals surface area contributed by atoms with Crippen LogP contribution in [0.15, 0.2) is 46.8 Å². The zero-order valence-electron chi connectivity index (χ0n) is 41.0. The number of H-pyrrole nitrogens is 1. The first-order valence-electron chi connectivity index (χ1n) is 26.9. The third-order valence-electron chi connectivity index (χ3n) is 21.0. The van der Waals surface area contributed by atoms with Crippen LogP contribution < -0.4 is 11.5 Å². The van der Waals surface area contributed by atoms with E-state index in [1.54, 1.807) is 13.0 Å². The second-order valence-electron chi connectivity index (χ2n) is 24.2. The number of aliphatic hydroxyl groups excluding tert-OH is 4. The van der Waals surface area contributed by atoms with Gasteiger partial charge in [0.15, 0.2) is 11.7 Å². The number of nitrogens with zero attached hydrogens (tertiary/aromatic N) is 1. The lowest BCUT2D eigenvalue weighted by Gasteiger charge is -2.64. The van der Waals surface area contributed by atoms with E-state index in [4.69, 9.17) is 16.2 Å². The van der Waals surface area contributed by atoms with Crippen molar-refractivity contribution in [1.82, 2.24) is 4.98 Å². The number of aromatic amines is 1. The number of aliphatic hydroxyl groups is 6. The van der Waals surface area contributed by atoms with Crippen LogP contribution in [-0.2, 0) is 14.3 Å². The molecule has 1 saturated heterocycles. The van der Waals surface area contributed by atoms with Crippen LogP contribution in [0, 0.1) is 93.7 Å². The molecule has 0 bridgehead atoms. The highest BCUT2D eigenvalue weighted by Crippen LogP contribution is 2.73. The fraction of sp³-hybridized carbons (Fsp3) is 0.768. The first-order chi connectivity index (χ1) is 33.0. The van der Waals surface area contributed by atoms with Gasteiger partial charge >= 0.3 is 5.97 Å². The monoisotopic (exact) mass is 953 g/mol. The molecule has 69 heavy (non-hydrogen) atoms. The molecule has 2 heterocycles. The predicted octanol–water partition coefficient (Wildman–Crippen LogP) is 5.43. The number of carbonyl (C=O) groups is 2. The second kappa shape index (κ2) is 18.8. The second-order valence-corrected chi connectivity index (χ2v) is 24.2. The fourth-order valence-corrected chi connectivity index (χ4v) is 18.1. The molecule has 1 aromatic heterocycles. The van der Waals surface area contributed by atoms with Crippen LogP contribution >= 0.6 is 0 Å². The topological polar surface area (TPSA) is 245 Å². The lowest BCUT2D eigenvalue weighted by atomic mass is 9.41. The first-order valence-corrected chi connectivity index (χ1v) is 26.9. The van der Waals surface area contributed by atoms with Crippen molar-refractivity contribution in [2.24, 2.45) is 98.3 Å². The zero-order chi connectivity index (χ0) is 48.6. The molecule has 1 aromatic rings. The van der Waals surface area contributed by atoms with Gasteiger partial charge in [-0.3, -0.25) is 14.6 Å². The maximum atomic E-state index is 14.9. The Bertz CT molecular complexity index is 2240. The van der Waals surface area contributed by atoms with Gasteiger partial charge in [-0.15, -0.1) is 5.92 Å². The van der Waals surface area contributed by atoms with Gasteiger partial charge in [-0.05, 0) is 173 Å². The van der Waals surface area contributed by atoms with Crippen LogP contribution in [0.25, 0.3) is 0 Å². The molecule has 5 saturated carbocycles. The molecule has 378 valence electrons. The lowest BCUT2D eigenvalue weighted by molar-refractivity contribution is -0.197. The minimum absolute atomic E-state index is 0.0254. The van der Waals surface area contributed by atoms with Gasteiger partial charge in [0.1, 0.15) is 0 Å². The molecule has 11 N–H and O–H groups in total. The number of hydrogen-bond donors (Lipinski definition) is 9. The van der Waals surface area contributed by atoms with Crippen molar-refractivity contribution >= 4 is 17.7 Å². The van der Waals surface area contributed by atoms with Gasteiger partial charge in [0, 0.05) is 61.1 Å². The van der Waals surface area contributed by atoms with Crippen molar-refractivity contribution in [3.63, 3.8) is 0 Å². The number of aliphatic imine (C=N–C) groups is 1. The fourth-order valence-electron chi connectivity index (χ4n) is 18.1. The summed E-state index contributed by atoms with van der Waals surface area (Å²) in [4.78, 5) is 36.2. The van der Waals surface area contributed by atoms with Crippen molar-refractivity contribution < 1.29 is 45.0 Å². The summed E-state index contributed by atoms with van der Waals surface area (Å²) in [5.41, 5.74) is 9.72. The number of carbonyl (C=O) groups excluding carboxylic acids is 2. The molecule has 0 amide bonds. The summed E-state index contributed by atoms with van der Waals surface area (Å²) in [7, 11) is 0. The third-order valence-corrected chi connectivity index (χ3v) is 21.0. The van der Waals surface area contributed by atoms with Crippen LogP contribution in [0.5, 0.6) is 0 Å². The molecule has 0 aromatic carbocycles. The van der Waals surface area contributed by atoms with Crippen LogP contribution in [0.3, 0.4) is 0 Å². The number of rotatable bonds is 7. The number of guanidine groups is 1. The summed E-state index contributed by atoms with van der Waals surface area (Å²) in [6.45, 7) is 4.24. The third kappa shape index (κ3) is 8.08. The predicted molar refractivity (Wildman–Crippen MR) is 260 cm³/mol. The summed E-state index contributed by atoms with van der Waals surface area (Å²) in [5.74, 6) is 4.69. The van der Waals surface area contributed by atoms with Gasteiger partial charge in [0.05, 0.1) is 42.0 Å². The quantitative estimate of drug-likeness (QED) is 0.0549. The van der Waals surface area contributed by atoms with Crippen molar-refractivity contribution in [1.29, 1.82) is 0 Å². The summed E-state index contributed by atoms with van der Waals surface area (Å²) in [6, 6.07) is 1.94. The Morgan fingerprint density at radius 1 is 0.957 bits per heavy atom. The van der Waals surface area contributed by atoms with Crippen LogP contribution in [0.4, 0.5) is 0 Å². The highest BCUT2D eigenvalue weighted by atomic mass is 16.5. The molecule has 0 unspecified atom stereocenters. The van der Waals surface area contributed by atoms with Gasteiger partial charge < -0.3 is 51.8 Å². The molecular formula is C56H80N4O9. The number of nitrogens with two attached hydrogens (primary N) is 2. The zero-order valence-corrected chi connectivity index (χ0v) is 41.0. The minimum Gasteiger partial charge on any atom is -0.465 e. The first kappa shape index (κ1) is 49.1. The Balaban J connectivity index is 1.12. The van der Waals surface area contributed by atoms with Crippen molar-refractivity contribution in [2.45, 2.75) is 165 Å². The van der Waals surface area contributed by atoms with Crippen molar-refractivity contribution in [3.05, 3.63) is 47.3 Å². The number of cyclic esters (lactones) is 1. The average molecular weight is 953 g/mol. The van der Waals surface area contributed by atoms with Gasteiger partial charge in [0.2, 0.25) is 0 Å². The summed E-state index contributed by atoms with van der Waals surface area (Å²) < 4.78 is 5.90. The van der Waals surface area contributed by atoms with Gasteiger partial charge in [-0.2, -0.15) is 0 Å². The number of ketones is 1. The van der Waals surface area contributed by atoms with Crippen molar-refractivity contribution in [2.75, 3.05) is 19.8 Å². The van der Waals surface area contributed by atoms with E-state index in [0.717, 1.165) is 63.4 Å². The Morgan fingerprint density at radius 3 is 2.49 bits per heavy atom. The molecule has 0 radical (unpaired) electrons. The van der Waals surface area contributed by atoms with E-state index >= 15 is 0 Å². The Morgan fingerprint density at radius 2 is 1.75 bits per heavy atom. The number of fused-ring (bicyclic) bond motifs is 10. The smallest absolute Gasteiger partial charge is 0.313 e. The van der Waals surface area contributed by atoms with Gasteiger partial charge in [-0.25, -0.2) is 0 Å². The molecule has 6 fully saturated rings. The van der Waals surface area contributed by atoms with E-state index < -0.39 is 64.0 Å². The molecule has 10 rings (SSSR count). The number of ether oxygens (including phenoxy) is 1. The number of hydrogen-bond acceptors (Lipinski definition) is 10. The normalized spacial score (nSPS) is 46.8. The molecule has 13 heteroatoms. The summed E-state index contributed by atoms with van der Waals surface area (Å²) in [5, 5.41) is 74.7. The molecule has 13 nitrogen and oxygen atoms in total. The van der Waals surface area contributed by atoms with Crippen molar-refractivity contribution in [3.8, 4) is 11.8 Å². The highest BCUT2D eigenvalue weighted by Gasteiger charge is 2.74. The van der Waals surface area contributed by atoms with E-state index in [1.807, 2.05) is 18.5 Å². The number of nitrogens with one attached hydrogen (secondary N) is 1. The van der Waals surface area contributed by atoms with E-state index in [1.165, 1.54) is 5.57 Å². The largest absolute Gasteiger partial charge is 0.465 e.